The molecule has 3 unspecified atom stereocenters. The summed E-state index contributed by atoms with van der Waals surface area (Å²) in [6, 6.07) is 0.442. The van der Waals surface area contributed by atoms with Gasteiger partial charge in [-0.1, -0.05) is 6.92 Å². The summed E-state index contributed by atoms with van der Waals surface area (Å²) in [5.41, 5.74) is 0. The third kappa shape index (κ3) is 2.66. The Morgan fingerprint density at radius 1 is 1.62 bits per heavy atom. The molecule has 3 atom stereocenters. The Bertz CT molecular complexity index is 129. The smallest absolute Gasteiger partial charge is 0.0725 e. The molecule has 0 radical (unpaired) electrons. The fourth-order valence-electron chi connectivity index (χ4n) is 2.13. The van der Waals surface area contributed by atoms with Gasteiger partial charge in [0, 0.05) is 25.7 Å². The van der Waals surface area contributed by atoms with Crippen LogP contribution in [-0.4, -0.2) is 39.5 Å². The van der Waals surface area contributed by atoms with Gasteiger partial charge in [0.15, 0.2) is 0 Å². The molecule has 3 nitrogen and oxygen atoms in total. The third-order valence-electron chi connectivity index (χ3n) is 2.91. The van der Waals surface area contributed by atoms with Crippen LogP contribution in [0.3, 0.4) is 0 Å². The number of ether oxygens (including phenoxy) is 2. The molecule has 0 spiro atoms. The average Bonchev–Trinajstić information content (AvgIpc) is 2.66. The average molecular weight is 187 g/mol. The minimum absolute atomic E-state index is 0.316. The normalized spacial score (nSPS) is 27.5. The topological polar surface area (TPSA) is 30.5 Å². The van der Waals surface area contributed by atoms with Gasteiger partial charge >= 0.3 is 0 Å². The maximum atomic E-state index is 5.45. The molecular weight excluding hydrogens is 166 g/mol. The second kappa shape index (κ2) is 5.58. The molecule has 1 aliphatic rings. The monoisotopic (exact) mass is 187 g/mol. The van der Waals surface area contributed by atoms with Crippen molar-refractivity contribution in [1.82, 2.24) is 5.32 Å². The van der Waals surface area contributed by atoms with Gasteiger partial charge in [-0.15, -0.1) is 0 Å². The highest BCUT2D eigenvalue weighted by Gasteiger charge is 2.29. The highest BCUT2D eigenvalue weighted by Crippen LogP contribution is 2.21. The van der Waals surface area contributed by atoms with Crippen LogP contribution in [0, 0.1) is 5.92 Å². The van der Waals surface area contributed by atoms with Crippen LogP contribution in [0.15, 0.2) is 0 Å². The molecule has 0 amide bonds. The standard InChI is InChI=1S/C10H21NO2/c1-4-9(12-3)10(11-2)8-5-6-13-7-8/h8-11H,4-7H2,1-3H3. The van der Waals surface area contributed by atoms with Crippen molar-refractivity contribution >= 4 is 0 Å². The molecule has 3 heteroatoms. The second-order valence-corrected chi connectivity index (χ2v) is 3.62. The number of nitrogens with one attached hydrogen (secondary N) is 1. The minimum atomic E-state index is 0.316. The van der Waals surface area contributed by atoms with Gasteiger partial charge < -0.3 is 14.8 Å². The van der Waals surface area contributed by atoms with Crippen molar-refractivity contribution in [2.75, 3.05) is 27.4 Å². The zero-order valence-corrected chi connectivity index (χ0v) is 8.88. The SMILES string of the molecule is CCC(OC)C(NC)C1CCOC1. The summed E-state index contributed by atoms with van der Waals surface area (Å²) in [5, 5.41) is 3.34. The molecule has 0 aromatic heterocycles. The predicted molar refractivity (Wildman–Crippen MR) is 52.9 cm³/mol. The fraction of sp³-hybridized carbons (Fsp3) is 1.00. The van der Waals surface area contributed by atoms with Gasteiger partial charge in [0.2, 0.25) is 0 Å². The highest BCUT2D eigenvalue weighted by atomic mass is 16.5. The van der Waals surface area contributed by atoms with E-state index in [0.29, 0.717) is 18.1 Å². The van der Waals surface area contributed by atoms with E-state index in [0.717, 1.165) is 26.1 Å². The summed E-state index contributed by atoms with van der Waals surface area (Å²) in [4.78, 5) is 0. The first kappa shape index (κ1) is 11.0. The molecule has 1 fully saturated rings. The zero-order valence-electron chi connectivity index (χ0n) is 8.88. The van der Waals surface area contributed by atoms with E-state index in [2.05, 4.69) is 12.2 Å². The molecule has 1 saturated heterocycles. The van der Waals surface area contributed by atoms with Gasteiger partial charge in [-0.25, -0.2) is 0 Å². The van der Waals surface area contributed by atoms with E-state index < -0.39 is 0 Å². The van der Waals surface area contributed by atoms with E-state index in [1.165, 1.54) is 0 Å². The van der Waals surface area contributed by atoms with E-state index in [9.17, 15) is 0 Å². The molecule has 0 bridgehead atoms. The first-order chi connectivity index (χ1) is 6.33. The Kier molecular flexibility index (Phi) is 4.70. The first-order valence-electron chi connectivity index (χ1n) is 5.11. The van der Waals surface area contributed by atoms with Crippen molar-refractivity contribution in [3.8, 4) is 0 Å². The number of likely N-dealkylation sites (N-methyl/N-ethyl adjacent to an activating group) is 1. The van der Waals surface area contributed by atoms with E-state index in [-0.39, 0.29) is 0 Å². The van der Waals surface area contributed by atoms with Gasteiger partial charge in [-0.05, 0) is 19.9 Å². The number of hydrogen-bond acceptors (Lipinski definition) is 3. The van der Waals surface area contributed by atoms with Gasteiger partial charge in [0.1, 0.15) is 0 Å². The summed E-state index contributed by atoms with van der Waals surface area (Å²) in [6.07, 6.45) is 2.53. The molecule has 1 N–H and O–H groups in total. The Morgan fingerprint density at radius 3 is 2.77 bits per heavy atom. The Labute approximate surface area is 80.8 Å². The molecule has 1 rings (SSSR count). The van der Waals surface area contributed by atoms with Crippen molar-refractivity contribution in [3.05, 3.63) is 0 Å². The van der Waals surface area contributed by atoms with Crippen LogP contribution in [0.25, 0.3) is 0 Å². The third-order valence-corrected chi connectivity index (χ3v) is 2.91. The lowest BCUT2D eigenvalue weighted by atomic mass is 9.93. The maximum Gasteiger partial charge on any atom is 0.0725 e. The van der Waals surface area contributed by atoms with E-state index in [4.69, 9.17) is 9.47 Å². The van der Waals surface area contributed by atoms with Crippen LogP contribution in [0.4, 0.5) is 0 Å². The fourth-order valence-corrected chi connectivity index (χ4v) is 2.13. The van der Waals surface area contributed by atoms with Crippen molar-refractivity contribution in [3.63, 3.8) is 0 Å². The Hall–Kier alpha value is -0.120. The van der Waals surface area contributed by atoms with Crippen LogP contribution < -0.4 is 5.32 Å². The van der Waals surface area contributed by atoms with Crippen LogP contribution in [-0.2, 0) is 9.47 Å². The largest absolute Gasteiger partial charge is 0.381 e. The molecule has 1 aliphatic heterocycles. The molecule has 78 valence electrons. The number of methoxy groups -OCH3 is 1. The summed E-state index contributed by atoms with van der Waals surface area (Å²) in [6.45, 7) is 3.95. The highest BCUT2D eigenvalue weighted by molar-refractivity contribution is 4.84. The predicted octanol–water partition coefficient (Wildman–Crippen LogP) is 1.04. The summed E-state index contributed by atoms with van der Waals surface area (Å²) < 4.78 is 10.8. The van der Waals surface area contributed by atoms with Crippen LogP contribution in [0.2, 0.25) is 0 Å². The van der Waals surface area contributed by atoms with Crippen LogP contribution >= 0.6 is 0 Å². The lowest BCUT2D eigenvalue weighted by Crippen LogP contribution is -2.44. The van der Waals surface area contributed by atoms with Gasteiger partial charge in [-0.2, -0.15) is 0 Å². The summed E-state index contributed by atoms with van der Waals surface area (Å²) in [7, 11) is 3.79. The quantitative estimate of drug-likeness (QED) is 0.697. The van der Waals surface area contributed by atoms with Crippen molar-refractivity contribution < 1.29 is 9.47 Å². The number of hydrogen-bond donors (Lipinski definition) is 1. The van der Waals surface area contributed by atoms with E-state index >= 15 is 0 Å². The molecule has 0 aliphatic carbocycles. The Morgan fingerprint density at radius 2 is 2.38 bits per heavy atom. The first-order valence-corrected chi connectivity index (χ1v) is 5.11. The molecule has 0 saturated carbocycles. The summed E-state index contributed by atoms with van der Waals surface area (Å²) >= 11 is 0. The van der Waals surface area contributed by atoms with Gasteiger partial charge in [-0.3, -0.25) is 0 Å². The van der Waals surface area contributed by atoms with Gasteiger partial charge in [0.05, 0.1) is 12.7 Å². The minimum Gasteiger partial charge on any atom is -0.381 e. The lowest BCUT2D eigenvalue weighted by Gasteiger charge is -2.28. The van der Waals surface area contributed by atoms with Crippen molar-refractivity contribution in [1.29, 1.82) is 0 Å². The Balaban J connectivity index is 2.48. The second-order valence-electron chi connectivity index (χ2n) is 3.62. The molecular formula is C10H21NO2. The van der Waals surface area contributed by atoms with E-state index in [1.807, 2.05) is 7.05 Å². The van der Waals surface area contributed by atoms with Crippen LogP contribution in [0.5, 0.6) is 0 Å². The lowest BCUT2D eigenvalue weighted by molar-refractivity contribution is 0.0440. The van der Waals surface area contributed by atoms with Crippen molar-refractivity contribution in [2.45, 2.75) is 31.9 Å². The van der Waals surface area contributed by atoms with Crippen LogP contribution in [0.1, 0.15) is 19.8 Å². The summed E-state index contributed by atoms with van der Waals surface area (Å²) in [5.74, 6) is 0.620. The van der Waals surface area contributed by atoms with Crippen molar-refractivity contribution in [2.24, 2.45) is 5.92 Å². The van der Waals surface area contributed by atoms with E-state index in [1.54, 1.807) is 7.11 Å². The molecule has 0 aromatic rings. The molecule has 13 heavy (non-hydrogen) atoms. The zero-order chi connectivity index (χ0) is 9.68. The van der Waals surface area contributed by atoms with Gasteiger partial charge in [0.25, 0.3) is 0 Å². The maximum absolute atomic E-state index is 5.45. The number of rotatable bonds is 5. The molecule has 1 heterocycles. The molecule has 0 aromatic carbocycles.